The van der Waals surface area contributed by atoms with Crippen LogP contribution in [0.2, 0.25) is 0 Å². The Kier molecular flexibility index (Phi) is 1.86. The van der Waals surface area contributed by atoms with E-state index < -0.39 is 40.9 Å². The lowest BCUT2D eigenvalue weighted by Gasteiger charge is -2.25. The van der Waals surface area contributed by atoms with E-state index in [2.05, 4.69) is 5.10 Å². The summed E-state index contributed by atoms with van der Waals surface area (Å²) in [6.45, 7) is 0. The van der Waals surface area contributed by atoms with Crippen molar-refractivity contribution in [2.75, 3.05) is 0 Å². The number of Topliss-reactive ketones (excluding diaryl/α,β-unsaturated/α-hetero) is 1. The van der Waals surface area contributed by atoms with Crippen molar-refractivity contribution in [3.8, 4) is 0 Å². The van der Waals surface area contributed by atoms with Crippen LogP contribution in [0, 0.1) is 0 Å². The summed E-state index contributed by atoms with van der Waals surface area (Å²) < 4.78 is 61.5. The Hall–Kier alpha value is -2.06. The number of aromatic nitrogens is 2. The highest BCUT2D eigenvalue weighted by atomic mass is 19.4. The molecule has 1 aromatic rings. The lowest BCUT2D eigenvalue weighted by atomic mass is 10.1. The molecule has 0 aromatic carbocycles. The maximum Gasteiger partial charge on any atom is 0.433 e. The highest BCUT2D eigenvalue weighted by Crippen LogP contribution is 2.49. The molecule has 0 bridgehead atoms. The Balaban J connectivity index is 2.24. The average molecular weight is 264 g/mol. The van der Waals surface area contributed by atoms with E-state index in [1.54, 1.807) is 5.10 Å². The first-order valence-electron chi connectivity index (χ1n) is 4.73. The molecule has 1 unspecified atom stereocenters. The van der Waals surface area contributed by atoms with Gasteiger partial charge in [-0.25, -0.2) is 4.39 Å². The fraction of sp³-hybridized carbons (Fsp3) is 0.333. The molecule has 0 amide bonds. The van der Waals surface area contributed by atoms with Crippen molar-refractivity contribution in [1.29, 1.82) is 0 Å². The number of nitrogens with zero attached hydrogens (tertiary/aromatic N) is 1. The monoisotopic (exact) mass is 264 g/mol. The minimum absolute atomic E-state index is 0.654. The van der Waals surface area contributed by atoms with Crippen LogP contribution >= 0.6 is 0 Å². The fourth-order valence-electron chi connectivity index (χ4n) is 2.01. The molecular weight excluding hydrogens is 260 g/mol. The molecule has 3 rings (SSSR count). The number of ether oxygens (including phenoxy) is 2. The molecule has 0 saturated heterocycles. The number of hydrogen-bond donors (Lipinski definition) is 1. The minimum Gasteiger partial charge on any atom is -0.450 e. The second-order valence-electron chi connectivity index (χ2n) is 3.72. The van der Waals surface area contributed by atoms with E-state index in [1.165, 1.54) is 0 Å². The first-order valence-corrected chi connectivity index (χ1v) is 4.73. The maximum absolute atomic E-state index is 13.8. The van der Waals surface area contributed by atoms with Gasteiger partial charge < -0.3 is 9.47 Å². The summed E-state index contributed by atoms with van der Waals surface area (Å²) in [6, 6.07) is 0. The normalized spacial score (nSPS) is 24.2. The predicted octanol–water partition coefficient (Wildman–Crippen LogP) is 1.63. The van der Waals surface area contributed by atoms with E-state index >= 15 is 0 Å². The highest BCUT2D eigenvalue weighted by Gasteiger charge is 2.64. The summed E-state index contributed by atoms with van der Waals surface area (Å²) in [5, 5.41) is 4.86. The number of alkyl halides is 4. The molecule has 1 spiro atoms. The van der Waals surface area contributed by atoms with E-state index in [1.807, 2.05) is 0 Å². The zero-order valence-electron chi connectivity index (χ0n) is 8.42. The smallest absolute Gasteiger partial charge is 0.433 e. The molecule has 5 nitrogen and oxygen atoms in total. The Morgan fingerprint density at radius 3 is 2.50 bits per heavy atom. The number of hydrogen-bond acceptors (Lipinski definition) is 4. The average Bonchev–Trinajstić information content (AvgIpc) is 2.95. The van der Waals surface area contributed by atoms with E-state index in [4.69, 9.17) is 9.47 Å². The van der Waals surface area contributed by atoms with Crippen LogP contribution < -0.4 is 0 Å². The van der Waals surface area contributed by atoms with Crippen LogP contribution in [-0.2, 0) is 21.4 Å². The molecular formula is C9H4F4N2O3. The SMILES string of the molecule is O=C1c2n[nH]c(C(F)(F)F)c2C2(OC=CO2)C1F. The van der Waals surface area contributed by atoms with Crippen molar-refractivity contribution >= 4 is 5.78 Å². The largest absolute Gasteiger partial charge is 0.450 e. The molecule has 2 aliphatic rings. The number of fused-ring (bicyclic) bond motifs is 2. The Morgan fingerprint density at radius 2 is 1.94 bits per heavy atom. The summed E-state index contributed by atoms with van der Waals surface area (Å²) in [5.41, 5.74) is -2.76. The fourth-order valence-corrected chi connectivity index (χ4v) is 2.01. The maximum atomic E-state index is 13.8. The summed E-state index contributed by atoms with van der Waals surface area (Å²) in [5.74, 6) is -3.62. The van der Waals surface area contributed by atoms with Gasteiger partial charge >= 0.3 is 12.0 Å². The molecule has 9 heteroatoms. The zero-order valence-corrected chi connectivity index (χ0v) is 8.42. The topological polar surface area (TPSA) is 64.2 Å². The summed E-state index contributed by atoms with van der Waals surface area (Å²) in [7, 11) is 0. The first kappa shape index (κ1) is 11.1. The van der Waals surface area contributed by atoms with Gasteiger partial charge in [0.05, 0.1) is 0 Å². The molecule has 0 fully saturated rings. The van der Waals surface area contributed by atoms with Crippen molar-refractivity contribution in [2.45, 2.75) is 18.1 Å². The molecule has 18 heavy (non-hydrogen) atoms. The van der Waals surface area contributed by atoms with E-state index in [0.717, 1.165) is 12.5 Å². The van der Waals surface area contributed by atoms with Crippen molar-refractivity contribution in [3.63, 3.8) is 0 Å². The number of halogens is 4. The predicted molar refractivity (Wildman–Crippen MR) is 45.8 cm³/mol. The van der Waals surface area contributed by atoms with Crippen LogP contribution in [0.4, 0.5) is 17.6 Å². The Labute approximate surface area is 96.4 Å². The van der Waals surface area contributed by atoms with Crippen LogP contribution in [-0.4, -0.2) is 22.2 Å². The second-order valence-corrected chi connectivity index (χ2v) is 3.72. The second kappa shape index (κ2) is 3.03. The van der Waals surface area contributed by atoms with E-state index in [-0.39, 0.29) is 0 Å². The van der Waals surface area contributed by atoms with Gasteiger partial charge in [0.15, 0.2) is 5.69 Å². The van der Waals surface area contributed by atoms with Gasteiger partial charge in [-0.2, -0.15) is 18.3 Å². The number of nitrogens with one attached hydrogen (secondary N) is 1. The Morgan fingerprint density at radius 1 is 1.33 bits per heavy atom. The lowest BCUT2D eigenvalue weighted by molar-refractivity contribution is -0.187. The summed E-state index contributed by atoms with van der Waals surface area (Å²) >= 11 is 0. The number of carbonyl (C=O) groups excluding carboxylic acids is 1. The van der Waals surface area contributed by atoms with Gasteiger partial charge in [-0.05, 0) is 0 Å². The van der Waals surface area contributed by atoms with Crippen molar-refractivity contribution in [3.05, 3.63) is 29.5 Å². The highest BCUT2D eigenvalue weighted by molar-refractivity contribution is 6.04. The van der Waals surface area contributed by atoms with Gasteiger partial charge in [0.2, 0.25) is 12.0 Å². The van der Waals surface area contributed by atoms with E-state index in [0.29, 0.717) is 0 Å². The lowest BCUT2D eigenvalue weighted by Crippen LogP contribution is -2.38. The number of rotatable bonds is 0. The van der Waals surface area contributed by atoms with Gasteiger partial charge in [0, 0.05) is 0 Å². The van der Waals surface area contributed by atoms with E-state index in [9.17, 15) is 22.4 Å². The van der Waals surface area contributed by atoms with Gasteiger partial charge in [0.1, 0.15) is 23.8 Å². The zero-order chi connectivity index (χ0) is 13.1. The van der Waals surface area contributed by atoms with Gasteiger partial charge in [-0.1, -0.05) is 0 Å². The molecule has 2 heterocycles. The van der Waals surface area contributed by atoms with Crippen molar-refractivity contribution in [1.82, 2.24) is 10.2 Å². The van der Waals surface area contributed by atoms with Crippen LogP contribution in [0.15, 0.2) is 12.5 Å². The van der Waals surface area contributed by atoms with Gasteiger partial charge in [-0.3, -0.25) is 9.89 Å². The molecule has 96 valence electrons. The minimum atomic E-state index is -4.83. The molecule has 0 radical (unpaired) electrons. The van der Waals surface area contributed by atoms with Gasteiger partial charge in [-0.15, -0.1) is 0 Å². The molecule has 1 N–H and O–H groups in total. The van der Waals surface area contributed by atoms with Gasteiger partial charge in [0.25, 0.3) is 0 Å². The molecule has 0 saturated carbocycles. The third kappa shape index (κ3) is 1.11. The number of H-pyrrole nitrogens is 1. The van der Waals surface area contributed by atoms with Crippen LogP contribution in [0.5, 0.6) is 0 Å². The summed E-state index contributed by atoms with van der Waals surface area (Å²) in [6.07, 6.45) is -5.46. The molecule has 1 aliphatic heterocycles. The number of aromatic amines is 1. The molecule has 1 aromatic heterocycles. The van der Waals surface area contributed by atoms with Crippen LogP contribution in [0.25, 0.3) is 0 Å². The Bertz CT molecular complexity index is 555. The number of ketones is 1. The molecule has 1 atom stereocenters. The van der Waals surface area contributed by atoms with Crippen molar-refractivity contribution in [2.24, 2.45) is 0 Å². The number of carbonyl (C=O) groups is 1. The quantitative estimate of drug-likeness (QED) is 0.723. The van der Waals surface area contributed by atoms with Crippen molar-refractivity contribution < 1.29 is 31.8 Å². The first-order chi connectivity index (χ1) is 8.38. The third-order valence-corrected chi connectivity index (χ3v) is 2.74. The summed E-state index contributed by atoms with van der Waals surface area (Å²) in [4.78, 5) is 11.5. The van der Waals surface area contributed by atoms with Crippen LogP contribution in [0.1, 0.15) is 21.7 Å². The van der Waals surface area contributed by atoms with Crippen LogP contribution in [0.3, 0.4) is 0 Å². The third-order valence-electron chi connectivity index (χ3n) is 2.74. The standard InChI is InChI=1S/C9H4F4N2O3/c10-6-5(16)4-3(8(6)17-1-2-18-8)7(15-14-4)9(11,12)13/h1-2,6H,(H,14,15). The molecule has 1 aliphatic carbocycles.